The lowest BCUT2D eigenvalue weighted by atomic mass is 10.1. The van der Waals surface area contributed by atoms with Crippen molar-refractivity contribution in [1.29, 1.82) is 0 Å². The maximum Gasteiger partial charge on any atom is 0.191 e. The highest BCUT2D eigenvalue weighted by Crippen LogP contribution is 2.20. The van der Waals surface area contributed by atoms with Gasteiger partial charge in [-0.25, -0.2) is 4.98 Å². The largest absolute Gasteiger partial charge is 0.376 e. The molecule has 7 nitrogen and oxygen atoms in total. The van der Waals surface area contributed by atoms with Gasteiger partial charge in [0.2, 0.25) is 0 Å². The Morgan fingerprint density at radius 3 is 2.62 bits per heavy atom. The van der Waals surface area contributed by atoms with Gasteiger partial charge in [0.1, 0.15) is 5.82 Å². The first kappa shape index (κ1) is 21.8. The highest BCUT2D eigenvalue weighted by Gasteiger charge is 2.18. The van der Waals surface area contributed by atoms with E-state index in [2.05, 4.69) is 43.5 Å². The van der Waals surface area contributed by atoms with Gasteiger partial charge in [-0.3, -0.25) is 4.99 Å². The molecule has 1 aromatic rings. The van der Waals surface area contributed by atoms with E-state index in [1.807, 2.05) is 19.3 Å². The van der Waals surface area contributed by atoms with Crippen molar-refractivity contribution in [3.8, 4) is 0 Å². The molecule has 1 saturated carbocycles. The molecular weight excluding hydrogens is 364 g/mol. The Bertz CT molecular complexity index is 621. The smallest absolute Gasteiger partial charge is 0.191 e. The maximum atomic E-state index is 6.06. The van der Waals surface area contributed by atoms with Crippen molar-refractivity contribution in [3.05, 3.63) is 23.9 Å². The van der Waals surface area contributed by atoms with Gasteiger partial charge in [-0.05, 0) is 26.0 Å². The first-order valence-corrected chi connectivity index (χ1v) is 11.2. The number of hydrogen-bond acceptors (Lipinski definition) is 5. The minimum atomic E-state index is 0.441. The SMILES string of the molecule is CN=C(NCCOC1CCCCCC1)NCc1cccnc1N1CCN(C)CC1. The van der Waals surface area contributed by atoms with E-state index in [1.165, 1.54) is 44.1 Å². The Morgan fingerprint density at radius 1 is 1.14 bits per heavy atom. The summed E-state index contributed by atoms with van der Waals surface area (Å²) in [7, 11) is 3.99. The van der Waals surface area contributed by atoms with Crippen LogP contribution in [0.1, 0.15) is 44.1 Å². The molecule has 0 amide bonds. The number of nitrogens with one attached hydrogen (secondary N) is 2. The molecule has 2 aliphatic rings. The summed E-state index contributed by atoms with van der Waals surface area (Å²) in [6.07, 6.45) is 10.1. The number of aromatic nitrogens is 1. The zero-order valence-corrected chi connectivity index (χ0v) is 18.2. The third-order valence-electron chi connectivity index (χ3n) is 5.89. The molecule has 29 heavy (non-hydrogen) atoms. The zero-order chi connectivity index (χ0) is 20.3. The topological polar surface area (TPSA) is 65.0 Å². The molecule has 7 heteroatoms. The highest BCUT2D eigenvalue weighted by atomic mass is 16.5. The number of ether oxygens (including phenoxy) is 1. The molecule has 3 rings (SSSR count). The van der Waals surface area contributed by atoms with Crippen LogP contribution in [0.15, 0.2) is 23.3 Å². The van der Waals surface area contributed by atoms with E-state index in [9.17, 15) is 0 Å². The number of likely N-dealkylation sites (N-methyl/N-ethyl adjacent to an activating group) is 1. The first-order valence-electron chi connectivity index (χ1n) is 11.2. The van der Waals surface area contributed by atoms with E-state index >= 15 is 0 Å². The average molecular weight is 403 g/mol. The fraction of sp³-hybridized carbons (Fsp3) is 0.727. The van der Waals surface area contributed by atoms with Gasteiger partial charge in [-0.15, -0.1) is 0 Å². The number of piperazine rings is 1. The van der Waals surface area contributed by atoms with E-state index in [0.29, 0.717) is 12.6 Å². The van der Waals surface area contributed by atoms with Crippen LogP contribution < -0.4 is 15.5 Å². The van der Waals surface area contributed by atoms with Crippen LogP contribution in [0.4, 0.5) is 5.82 Å². The molecule has 2 fully saturated rings. The summed E-state index contributed by atoms with van der Waals surface area (Å²) in [6.45, 7) is 6.40. The number of guanidine groups is 1. The summed E-state index contributed by atoms with van der Waals surface area (Å²) in [5.41, 5.74) is 1.20. The van der Waals surface area contributed by atoms with Crippen LogP contribution in [0.5, 0.6) is 0 Å². The average Bonchev–Trinajstić information content (AvgIpc) is 3.03. The third-order valence-corrected chi connectivity index (χ3v) is 5.89. The van der Waals surface area contributed by atoms with Crippen LogP contribution in [0, 0.1) is 0 Å². The van der Waals surface area contributed by atoms with E-state index in [-0.39, 0.29) is 0 Å². The molecule has 0 unspecified atom stereocenters. The second-order valence-corrected chi connectivity index (χ2v) is 8.11. The minimum absolute atomic E-state index is 0.441. The minimum Gasteiger partial charge on any atom is -0.376 e. The summed E-state index contributed by atoms with van der Waals surface area (Å²) in [4.78, 5) is 13.7. The van der Waals surface area contributed by atoms with Crippen molar-refractivity contribution >= 4 is 11.8 Å². The van der Waals surface area contributed by atoms with Gasteiger partial charge in [0.05, 0.1) is 12.7 Å². The standard InChI is InChI=1S/C22H38N6O/c1-23-22(25-12-17-29-20-9-5-3-4-6-10-20)26-18-19-8-7-11-24-21(19)28-15-13-27(2)14-16-28/h7-8,11,20H,3-6,9-10,12-18H2,1-2H3,(H2,23,25,26). The van der Waals surface area contributed by atoms with Gasteiger partial charge in [0.25, 0.3) is 0 Å². The number of anilines is 1. The molecule has 0 spiro atoms. The van der Waals surface area contributed by atoms with Crippen LogP contribution in [-0.4, -0.2) is 75.4 Å². The van der Waals surface area contributed by atoms with E-state index in [4.69, 9.17) is 4.74 Å². The Morgan fingerprint density at radius 2 is 1.90 bits per heavy atom. The summed E-state index contributed by atoms with van der Waals surface area (Å²) in [5.74, 6) is 1.89. The molecule has 1 aromatic heterocycles. The summed E-state index contributed by atoms with van der Waals surface area (Å²) in [5, 5.41) is 6.80. The highest BCUT2D eigenvalue weighted by molar-refractivity contribution is 5.79. The normalized spacial score (nSPS) is 19.8. The number of hydrogen-bond donors (Lipinski definition) is 2. The molecule has 2 heterocycles. The molecule has 1 aliphatic carbocycles. The number of aliphatic imine (C=N–C) groups is 1. The molecule has 0 atom stereocenters. The second kappa shape index (κ2) is 12.0. The van der Waals surface area contributed by atoms with Crippen molar-refractivity contribution in [2.24, 2.45) is 4.99 Å². The first-order chi connectivity index (χ1) is 14.3. The molecule has 162 valence electrons. The molecular formula is C22H38N6O. The predicted octanol–water partition coefficient (Wildman–Crippen LogP) is 2.24. The van der Waals surface area contributed by atoms with E-state index in [0.717, 1.165) is 51.1 Å². The van der Waals surface area contributed by atoms with Gasteiger partial charge < -0.3 is 25.2 Å². The van der Waals surface area contributed by atoms with Crippen LogP contribution in [0.3, 0.4) is 0 Å². The van der Waals surface area contributed by atoms with E-state index in [1.54, 1.807) is 0 Å². The molecule has 2 N–H and O–H groups in total. The van der Waals surface area contributed by atoms with Gasteiger partial charge in [-0.2, -0.15) is 0 Å². The quantitative estimate of drug-likeness (QED) is 0.316. The lowest BCUT2D eigenvalue weighted by Gasteiger charge is -2.34. The zero-order valence-electron chi connectivity index (χ0n) is 18.2. The van der Waals surface area contributed by atoms with Gasteiger partial charge in [0, 0.05) is 58.1 Å². The van der Waals surface area contributed by atoms with Crippen molar-refractivity contribution < 1.29 is 4.74 Å². The van der Waals surface area contributed by atoms with Gasteiger partial charge in [-0.1, -0.05) is 31.7 Å². The third kappa shape index (κ3) is 7.16. The van der Waals surface area contributed by atoms with E-state index < -0.39 is 0 Å². The lowest BCUT2D eigenvalue weighted by molar-refractivity contribution is 0.0468. The van der Waals surface area contributed by atoms with Crippen molar-refractivity contribution in [2.45, 2.75) is 51.2 Å². The summed E-state index contributed by atoms with van der Waals surface area (Å²) >= 11 is 0. The summed E-state index contributed by atoms with van der Waals surface area (Å²) in [6, 6.07) is 4.16. The number of rotatable bonds is 7. The van der Waals surface area contributed by atoms with Crippen LogP contribution in [0.25, 0.3) is 0 Å². The lowest BCUT2D eigenvalue weighted by Crippen LogP contribution is -2.45. The summed E-state index contributed by atoms with van der Waals surface area (Å²) < 4.78 is 6.06. The van der Waals surface area contributed by atoms with Crippen molar-refractivity contribution in [1.82, 2.24) is 20.5 Å². The number of pyridine rings is 1. The molecule has 1 saturated heterocycles. The Hall–Kier alpha value is -1.86. The van der Waals surface area contributed by atoms with Crippen molar-refractivity contribution in [3.63, 3.8) is 0 Å². The van der Waals surface area contributed by atoms with Crippen LogP contribution >= 0.6 is 0 Å². The van der Waals surface area contributed by atoms with Gasteiger partial charge >= 0.3 is 0 Å². The fourth-order valence-electron chi connectivity index (χ4n) is 4.07. The maximum absolute atomic E-state index is 6.06. The van der Waals surface area contributed by atoms with Gasteiger partial charge in [0.15, 0.2) is 5.96 Å². The predicted molar refractivity (Wildman–Crippen MR) is 120 cm³/mol. The second-order valence-electron chi connectivity index (χ2n) is 8.11. The molecule has 0 bridgehead atoms. The molecule has 0 aromatic carbocycles. The molecule has 1 aliphatic heterocycles. The van der Waals surface area contributed by atoms with Crippen molar-refractivity contribution in [2.75, 3.05) is 58.3 Å². The Labute approximate surface area is 175 Å². The van der Waals surface area contributed by atoms with Crippen LogP contribution in [0.2, 0.25) is 0 Å². The molecule has 0 radical (unpaired) electrons. The van der Waals surface area contributed by atoms with Crippen LogP contribution in [-0.2, 0) is 11.3 Å². The number of nitrogens with zero attached hydrogens (tertiary/aromatic N) is 4. The fourth-order valence-corrected chi connectivity index (χ4v) is 4.07. The Kier molecular flexibility index (Phi) is 9.02. The Balaban J connectivity index is 1.42. The monoisotopic (exact) mass is 402 g/mol.